The number of amides is 1. The van der Waals surface area contributed by atoms with Crippen LogP contribution in [0.25, 0.3) is 0 Å². The first kappa shape index (κ1) is 13.4. The van der Waals surface area contributed by atoms with Crippen LogP contribution in [0.5, 0.6) is 0 Å². The third kappa shape index (κ3) is 2.80. The van der Waals surface area contributed by atoms with Crippen LogP contribution in [0, 0.1) is 5.92 Å². The van der Waals surface area contributed by atoms with Crippen LogP contribution in [-0.4, -0.2) is 25.2 Å². The van der Waals surface area contributed by atoms with Crippen LogP contribution in [0.2, 0.25) is 0 Å². The number of hydrogen-bond donors (Lipinski definition) is 2. The van der Waals surface area contributed by atoms with Gasteiger partial charge in [0, 0.05) is 12.6 Å². The van der Waals surface area contributed by atoms with Crippen molar-refractivity contribution in [2.24, 2.45) is 5.92 Å². The van der Waals surface area contributed by atoms with Crippen LogP contribution >= 0.6 is 0 Å². The fourth-order valence-electron chi connectivity index (χ4n) is 2.96. The highest BCUT2D eigenvalue weighted by molar-refractivity contribution is 5.96. The standard InChI is InChI=1S/C16H22N2O2/c1-11-7-8-12-4-2-6-14(15(12)17-11)18-16(19)13-5-3-9-20-10-13/h2,4,6,11,13,17H,3,5,7-10H2,1H3,(H,18,19). The van der Waals surface area contributed by atoms with Crippen molar-refractivity contribution in [3.63, 3.8) is 0 Å². The van der Waals surface area contributed by atoms with Gasteiger partial charge in [0.1, 0.15) is 0 Å². The Balaban J connectivity index is 1.75. The maximum atomic E-state index is 12.3. The van der Waals surface area contributed by atoms with Crippen molar-refractivity contribution in [2.45, 2.75) is 38.6 Å². The zero-order valence-electron chi connectivity index (χ0n) is 11.9. The summed E-state index contributed by atoms with van der Waals surface area (Å²) in [7, 11) is 0. The maximum absolute atomic E-state index is 12.3. The van der Waals surface area contributed by atoms with Gasteiger partial charge in [0.15, 0.2) is 0 Å². The molecule has 2 aliphatic rings. The first-order chi connectivity index (χ1) is 9.74. The van der Waals surface area contributed by atoms with Gasteiger partial charge in [0.2, 0.25) is 5.91 Å². The Kier molecular flexibility index (Phi) is 3.92. The van der Waals surface area contributed by atoms with E-state index in [-0.39, 0.29) is 11.8 Å². The molecule has 1 saturated heterocycles. The van der Waals surface area contributed by atoms with E-state index in [1.54, 1.807) is 0 Å². The normalized spacial score (nSPS) is 25.4. The minimum absolute atomic E-state index is 0.0133. The summed E-state index contributed by atoms with van der Waals surface area (Å²) in [4.78, 5) is 12.3. The van der Waals surface area contributed by atoms with Gasteiger partial charge in [0.05, 0.1) is 23.9 Å². The quantitative estimate of drug-likeness (QED) is 0.872. The number of ether oxygens (including phenoxy) is 1. The smallest absolute Gasteiger partial charge is 0.229 e. The lowest BCUT2D eigenvalue weighted by Crippen LogP contribution is -2.31. The maximum Gasteiger partial charge on any atom is 0.229 e. The SMILES string of the molecule is CC1CCc2cccc(NC(=O)C3CCCOC3)c2N1. The predicted octanol–water partition coefficient (Wildman–Crippen LogP) is 2.80. The Morgan fingerprint density at radius 2 is 2.30 bits per heavy atom. The Morgan fingerprint density at radius 1 is 1.40 bits per heavy atom. The Labute approximate surface area is 119 Å². The van der Waals surface area contributed by atoms with E-state index in [0.717, 1.165) is 43.7 Å². The molecule has 20 heavy (non-hydrogen) atoms. The van der Waals surface area contributed by atoms with Gasteiger partial charge in [-0.3, -0.25) is 4.79 Å². The molecular weight excluding hydrogens is 252 g/mol. The Hall–Kier alpha value is -1.55. The number of aryl methyl sites for hydroxylation is 1. The van der Waals surface area contributed by atoms with E-state index in [1.165, 1.54) is 5.56 Å². The molecule has 2 N–H and O–H groups in total. The number of hydrogen-bond acceptors (Lipinski definition) is 3. The number of nitrogens with one attached hydrogen (secondary N) is 2. The van der Waals surface area contributed by atoms with Crippen LogP contribution in [0.3, 0.4) is 0 Å². The minimum atomic E-state index is -0.0133. The zero-order chi connectivity index (χ0) is 13.9. The van der Waals surface area contributed by atoms with Crippen LogP contribution in [0.1, 0.15) is 31.7 Å². The Morgan fingerprint density at radius 3 is 3.10 bits per heavy atom. The molecule has 0 radical (unpaired) electrons. The predicted molar refractivity (Wildman–Crippen MR) is 80.0 cm³/mol. The molecule has 0 saturated carbocycles. The number of carbonyl (C=O) groups excluding carboxylic acids is 1. The fourth-order valence-corrected chi connectivity index (χ4v) is 2.96. The van der Waals surface area contributed by atoms with Crippen molar-refractivity contribution < 1.29 is 9.53 Å². The molecule has 1 amide bonds. The van der Waals surface area contributed by atoms with E-state index in [0.29, 0.717) is 12.6 Å². The molecule has 4 nitrogen and oxygen atoms in total. The summed E-state index contributed by atoms with van der Waals surface area (Å²) in [5.41, 5.74) is 3.29. The van der Waals surface area contributed by atoms with Gasteiger partial charge in [-0.2, -0.15) is 0 Å². The summed E-state index contributed by atoms with van der Waals surface area (Å²) >= 11 is 0. The summed E-state index contributed by atoms with van der Waals surface area (Å²) < 4.78 is 5.39. The van der Waals surface area contributed by atoms with Gasteiger partial charge < -0.3 is 15.4 Å². The van der Waals surface area contributed by atoms with Gasteiger partial charge in [-0.15, -0.1) is 0 Å². The lowest BCUT2D eigenvalue weighted by molar-refractivity contribution is -0.123. The van der Waals surface area contributed by atoms with E-state index >= 15 is 0 Å². The second-order valence-electron chi connectivity index (χ2n) is 5.83. The number of para-hydroxylation sites is 1. The van der Waals surface area contributed by atoms with Crippen molar-refractivity contribution in [1.29, 1.82) is 0 Å². The molecule has 3 rings (SSSR count). The summed E-state index contributed by atoms with van der Waals surface area (Å²) in [6.07, 6.45) is 4.10. The Bertz CT molecular complexity index is 495. The fraction of sp³-hybridized carbons (Fsp3) is 0.562. The largest absolute Gasteiger partial charge is 0.381 e. The van der Waals surface area contributed by atoms with Gasteiger partial charge in [-0.25, -0.2) is 0 Å². The van der Waals surface area contributed by atoms with Gasteiger partial charge >= 0.3 is 0 Å². The summed E-state index contributed by atoms with van der Waals surface area (Å²) in [6, 6.07) is 6.58. The molecule has 1 aromatic rings. The average Bonchev–Trinajstić information content (AvgIpc) is 2.49. The third-order valence-corrected chi connectivity index (χ3v) is 4.18. The number of fused-ring (bicyclic) bond motifs is 1. The van der Waals surface area contributed by atoms with E-state index in [9.17, 15) is 4.79 Å². The molecule has 1 aromatic carbocycles. The first-order valence-electron chi connectivity index (χ1n) is 7.51. The van der Waals surface area contributed by atoms with Crippen molar-refractivity contribution in [3.05, 3.63) is 23.8 Å². The molecule has 2 atom stereocenters. The molecule has 108 valence electrons. The van der Waals surface area contributed by atoms with E-state index < -0.39 is 0 Å². The summed E-state index contributed by atoms with van der Waals surface area (Å²) in [5.74, 6) is 0.0683. The number of carbonyl (C=O) groups is 1. The summed E-state index contributed by atoms with van der Waals surface area (Å²) in [5, 5.41) is 6.57. The van der Waals surface area contributed by atoms with E-state index in [2.05, 4.69) is 23.6 Å². The van der Waals surface area contributed by atoms with E-state index in [4.69, 9.17) is 4.74 Å². The zero-order valence-corrected chi connectivity index (χ0v) is 11.9. The number of benzene rings is 1. The highest BCUT2D eigenvalue weighted by Gasteiger charge is 2.24. The second-order valence-corrected chi connectivity index (χ2v) is 5.83. The second kappa shape index (κ2) is 5.83. The highest BCUT2D eigenvalue weighted by atomic mass is 16.5. The van der Waals surface area contributed by atoms with Crippen molar-refractivity contribution >= 4 is 17.3 Å². The number of rotatable bonds is 2. The molecule has 0 aliphatic carbocycles. The number of anilines is 2. The molecule has 2 aliphatic heterocycles. The van der Waals surface area contributed by atoms with Crippen molar-refractivity contribution in [1.82, 2.24) is 0 Å². The van der Waals surface area contributed by atoms with Crippen LogP contribution in [-0.2, 0) is 16.0 Å². The monoisotopic (exact) mass is 274 g/mol. The molecule has 1 fully saturated rings. The highest BCUT2D eigenvalue weighted by Crippen LogP contribution is 2.32. The lowest BCUT2D eigenvalue weighted by Gasteiger charge is -2.27. The van der Waals surface area contributed by atoms with Crippen LogP contribution in [0.4, 0.5) is 11.4 Å². The van der Waals surface area contributed by atoms with Gasteiger partial charge in [-0.05, 0) is 44.2 Å². The van der Waals surface area contributed by atoms with E-state index in [1.807, 2.05) is 12.1 Å². The molecule has 2 heterocycles. The molecule has 2 unspecified atom stereocenters. The molecule has 0 spiro atoms. The van der Waals surface area contributed by atoms with Gasteiger partial charge in [-0.1, -0.05) is 12.1 Å². The molecular formula is C16H22N2O2. The minimum Gasteiger partial charge on any atom is -0.381 e. The first-order valence-corrected chi connectivity index (χ1v) is 7.51. The molecule has 0 aromatic heterocycles. The third-order valence-electron chi connectivity index (χ3n) is 4.18. The topological polar surface area (TPSA) is 50.4 Å². The van der Waals surface area contributed by atoms with Crippen LogP contribution < -0.4 is 10.6 Å². The van der Waals surface area contributed by atoms with Crippen LogP contribution in [0.15, 0.2) is 18.2 Å². The lowest BCUT2D eigenvalue weighted by atomic mass is 9.97. The van der Waals surface area contributed by atoms with Crippen molar-refractivity contribution in [2.75, 3.05) is 23.8 Å². The average molecular weight is 274 g/mol. The molecule has 0 bridgehead atoms. The van der Waals surface area contributed by atoms with Crippen molar-refractivity contribution in [3.8, 4) is 0 Å². The molecule has 4 heteroatoms. The van der Waals surface area contributed by atoms with Gasteiger partial charge in [0.25, 0.3) is 0 Å². The summed E-state index contributed by atoms with van der Waals surface area (Å²) in [6.45, 7) is 3.50.